The molecule has 0 atom stereocenters. The Morgan fingerprint density at radius 3 is 1.17 bits per heavy atom. The highest BCUT2D eigenvalue weighted by Gasteiger charge is 1.97. The van der Waals surface area contributed by atoms with Gasteiger partial charge in [0.25, 0.3) is 11.0 Å². The van der Waals surface area contributed by atoms with Crippen LogP contribution in [0, 0.1) is 0 Å². The first-order valence-corrected chi connectivity index (χ1v) is 3.62. The molecule has 1 rings (SSSR count). The van der Waals surface area contributed by atoms with Crippen LogP contribution in [0.4, 0.5) is 0 Å². The Hall–Kier alpha value is -1.29. The summed E-state index contributed by atoms with van der Waals surface area (Å²) in [4.78, 5) is 19.0. The fourth-order valence-corrected chi connectivity index (χ4v) is 0.385. The SMILES string of the molecule is NC(=O)C(=O)S.c1ccccc1. The molecule has 4 heteroatoms. The number of benzene rings is 1. The van der Waals surface area contributed by atoms with E-state index in [2.05, 4.69) is 18.4 Å². The second kappa shape index (κ2) is 6.42. The van der Waals surface area contributed by atoms with Gasteiger partial charge < -0.3 is 5.73 Å². The number of primary amides is 1. The zero-order chi connectivity index (χ0) is 9.40. The van der Waals surface area contributed by atoms with Crippen LogP contribution in [-0.4, -0.2) is 11.0 Å². The van der Waals surface area contributed by atoms with Crippen molar-refractivity contribution in [2.24, 2.45) is 5.73 Å². The third kappa shape index (κ3) is 6.82. The summed E-state index contributed by atoms with van der Waals surface area (Å²) in [5.74, 6) is -1.02. The summed E-state index contributed by atoms with van der Waals surface area (Å²) in [5.41, 5.74) is 4.37. The van der Waals surface area contributed by atoms with Crippen molar-refractivity contribution in [2.45, 2.75) is 0 Å². The molecule has 0 aliphatic heterocycles. The average molecular weight is 183 g/mol. The molecule has 1 aromatic rings. The van der Waals surface area contributed by atoms with Gasteiger partial charge >= 0.3 is 0 Å². The number of thiol groups is 1. The van der Waals surface area contributed by atoms with Crippen LogP contribution in [0.5, 0.6) is 0 Å². The van der Waals surface area contributed by atoms with Gasteiger partial charge in [-0.1, -0.05) is 49.0 Å². The first kappa shape index (κ1) is 10.7. The molecule has 1 amide bonds. The summed E-state index contributed by atoms with van der Waals surface area (Å²) in [6.07, 6.45) is 0. The number of nitrogens with two attached hydrogens (primary N) is 1. The minimum atomic E-state index is -1.02. The fourth-order valence-electron chi connectivity index (χ4n) is 0.385. The van der Waals surface area contributed by atoms with E-state index in [4.69, 9.17) is 0 Å². The molecule has 0 saturated carbocycles. The number of amides is 1. The highest BCUT2D eigenvalue weighted by molar-refractivity contribution is 7.98. The Balaban J connectivity index is 0.000000202. The molecule has 0 saturated heterocycles. The van der Waals surface area contributed by atoms with E-state index in [1.165, 1.54) is 0 Å². The first-order chi connectivity index (χ1) is 5.64. The van der Waals surface area contributed by atoms with Gasteiger partial charge in [0, 0.05) is 0 Å². The molecule has 1 aromatic carbocycles. The molecule has 0 aliphatic rings. The summed E-state index contributed by atoms with van der Waals surface area (Å²) in [6, 6.07) is 12.0. The van der Waals surface area contributed by atoms with Gasteiger partial charge in [0.05, 0.1) is 0 Å². The van der Waals surface area contributed by atoms with Crippen molar-refractivity contribution in [3.8, 4) is 0 Å². The smallest absolute Gasteiger partial charge is 0.295 e. The van der Waals surface area contributed by atoms with Gasteiger partial charge in [0.2, 0.25) is 0 Å². The summed E-state index contributed by atoms with van der Waals surface area (Å²) < 4.78 is 0. The minimum absolute atomic E-state index is 0.907. The fraction of sp³-hybridized carbons (Fsp3) is 0. The van der Waals surface area contributed by atoms with Crippen LogP contribution in [0.2, 0.25) is 0 Å². The van der Waals surface area contributed by atoms with Crippen LogP contribution >= 0.6 is 12.6 Å². The molecule has 12 heavy (non-hydrogen) atoms. The van der Waals surface area contributed by atoms with Crippen molar-refractivity contribution >= 4 is 23.7 Å². The Morgan fingerprint density at radius 1 is 0.917 bits per heavy atom. The summed E-state index contributed by atoms with van der Waals surface area (Å²) in [7, 11) is 0. The first-order valence-electron chi connectivity index (χ1n) is 3.17. The maximum absolute atomic E-state index is 9.53. The second-order valence-corrected chi connectivity index (χ2v) is 2.23. The maximum Gasteiger partial charge on any atom is 0.295 e. The normalized spacial score (nSPS) is 7.75. The van der Waals surface area contributed by atoms with Crippen molar-refractivity contribution in [2.75, 3.05) is 0 Å². The Bertz CT molecular complexity index is 210. The Morgan fingerprint density at radius 2 is 1.08 bits per heavy atom. The van der Waals surface area contributed by atoms with Gasteiger partial charge in [-0.25, -0.2) is 0 Å². The minimum Gasteiger partial charge on any atom is -0.362 e. The van der Waals surface area contributed by atoms with Gasteiger partial charge in [-0.2, -0.15) is 0 Å². The van der Waals surface area contributed by atoms with Gasteiger partial charge in [-0.15, -0.1) is 0 Å². The highest BCUT2D eigenvalue weighted by Crippen LogP contribution is 1.79. The van der Waals surface area contributed by atoms with Crippen LogP contribution < -0.4 is 5.73 Å². The number of rotatable bonds is 1. The van der Waals surface area contributed by atoms with Crippen molar-refractivity contribution in [1.29, 1.82) is 0 Å². The predicted octanol–water partition coefficient (Wildman–Crippen LogP) is 0.615. The lowest BCUT2D eigenvalue weighted by molar-refractivity contribution is -0.130. The van der Waals surface area contributed by atoms with E-state index in [1.807, 2.05) is 36.4 Å². The predicted molar refractivity (Wildman–Crippen MR) is 49.6 cm³/mol. The van der Waals surface area contributed by atoms with Crippen molar-refractivity contribution in [1.82, 2.24) is 0 Å². The lowest BCUT2D eigenvalue weighted by Crippen LogP contribution is -2.17. The highest BCUT2D eigenvalue weighted by atomic mass is 32.1. The molecule has 0 aromatic heterocycles. The van der Waals surface area contributed by atoms with Crippen LogP contribution in [0.1, 0.15) is 0 Å². The van der Waals surface area contributed by atoms with E-state index in [9.17, 15) is 9.59 Å². The molecule has 2 N–H and O–H groups in total. The third-order valence-electron chi connectivity index (χ3n) is 0.877. The quantitative estimate of drug-likeness (QED) is 0.495. The third-order valence-corrected chi connectivity index (χ3v) is 1.10. The molecular weight excluding hydrogens is 174 g/mol. The van der Waals surface area contributed by atoms with Gasteiger partial charge in [-0.05, 0) is 0 Å². The Labute approximate surface area is 76.0 Å². The molecular formula is C8H9NO2S. The lowest BCUT2D eigenvalue weighted by Gasteiger charge is -1.73. The maximum atomic E-state index is 9.53. The molecule has 0 spiro atoms. The van der Waals surface area contributed by atoms with Crippen LogP contribution in [0.3, 0.4) is 0 Å². The van der Waals surface area contributed by atoms with E-state index in [0.717, 1.165) is 0 Å². The molecule has 0 fully saturated rings. The van der Waals surface area contributed by atoms with E-state index < -0.39 is 11.0 Å². The average Bonchev–Trinajstić information content (AvgIpc) is 2.08. The van der Waals surface area contributed by atoms with Gasteiger partial charge in [0.15, 0.2) is 0 Å². The molecule has 0 heterocycles. The standard InChI is InChI=1S/C6H6.C2H3NO2S/c1-2-4-6-5-3-1;3-1(4)2(5)6/h1-6H;(H2,3,4)(H,5,6). The lowest BCUT2D eigenvalue weighted by atomic mass is 10.4. The monoisotopic (exact) mass is 183 g/mol. The van der Waals surface area contributed by atoms with Crippen LogP contribution in [0.25, 0.3) is 0 Å². The van der Waals surface area contributed by atoms with Crippen molar-refractivity contribution < 1.29 is 9.59 Å². The molecule has 0 bridgehead atoms. The van der Waals surface area contributed by atoms with Gasteiger partial charge in [0.1, 0.15) is 0 Å². The summed E-state index contributed by atoms with van der Waals surface area (Å²) in [5, 5.41) is -0.907. The summed E-state index contributed by atoms with van der Waals surface area (Å²) >= 11 is 3.08. The van der Waals surface area contributed by atoms with E-state index >= 15 is 0 Å². The van der Waals surface area contributed by atoms with Gasteiger partial charge in [-0.3, -0.25) is 9.59 Å². The van der Waals surface area contributed by atoms with E-state index in [1.54, 1.807) is 0 Å². The molecule has 3 nitrogen and oxygen atoms in total. The van der Waals surface area contributed by atoms with Crippen LogP contribution in [-0.2, 0) is 9.59 Å². The Kier molecular flexibility index (Phi) is 5.73. The molecule has 0 unspecified atom stereocenters. The molecule has 0 radical (unpaired) electrons. The van der Waals surface area contributed by atoms with Crippen molar-refractivity contribution in [3.63, 3.8) is 0 Å². The molecule has 0 aliphatic carbocycles. The number of hydrogen-bond acceptors (Lipinski definition) is 2. The zero-order valence-corrected chi connectivity index (χ0v) is 7.20. The van der Waals surface area contributed by atoms with Crippen LogP contribution in [0.15, 0.2) is 36.4 Å². The number of carbonyl (C=O) groups is 2. The zero-order valence-electron chi connectivity index (χ0n) is 6.31. The van der Waals surface area contributed by atoms with Crippen molar-refractivity contribution in [3.05, 3.63) is 36.4 Å². The largest absolute Gasteiger partial charge is 0.362 e. The topological polar surface area (TPSA) is 60.2 Å². The summed E-state index contributed by atoms with van der Waals surface area (Å²) in [6.45, 7) is 0. The number of carbonyl (C=O) groups excluding carboxylic acids is 2. The number of hydrogen-bond donors (Lipinski definition) is 2. The second-order valence-electron chi connectivity index (χ2n) is 1.82. The van der Waals surface area contributed by atoms with E-state index in [-0.39, 0.29) is 0 Å². The molecule has 64 valence electrons. The van der Waals surface area contributed by atoms with E-state index in [0.29, 0.717) is 0 Å².